The average Bonchev–Trinajstić information content (AvgIpc) is 3.23. The Kier molecular flexibility index (Phi) is 6.26. The highest BCUT2D eigenvalue weighted by atomic mass is 35.5. The highest BCUT2D eigenvalue weighted by Gasteiger charge is 2.31. The minimum atomic E-state index is -3.73. The second kappa shape index (κ2) is 9.13. The third-order valence-corrected chi connectivity index (χ3v) is 7.22. The van der Waals surface area contributed by atoms with Gasteiger partial charge in [-0.1, -0.05) is 35.9 Å². The summed E-state index contributed by atoms with van der Waals surface area (Å²) < 4.78 is 32.3. The predicted molar refractivity (Wildman–Crippen MR) is 127 cm³/mol. The number of hydrogen-bond acceptors (Lipinski definition) is 5. The summed E-state index contributed by atoms with van der Waals surface area (Å²) in [6.07, 6.45) is 0.568. The molecule has 1 heterocycles. The highest BCUT2D eigenvalue weighted by molar-refractivity contribution is 7.92. The minimum absolute atomic E-state index is 0.145. The molecule has 0 saturated carbocycles. The van der Waals surface area contributed by atoms with Crippen LogP contribution in [0.15, 0.2) is 71.6 Å². The third kappa shape index (κ3) is 4.64. The predicted octanol–water partition coefficient (Wildman–Crippen LogP) is 4.52. The molecular formula is C23H20ClN3O5S. The Morgan fingerprint density at radius 3 is 2.48 bits per heavy atom. The van der Waals surface area contributed by atoms with Crippen molar-refractivity contribution < 1.29 is 22.7 Å². The maximum absolute atomic E-state index is 13.1. The van der Waals surface area contributed by atoms with E-state index in [1.54, 1.807) is 48.5 Å². The number of halogens is 1. The molecule has 3 aromatic rings. The first-order valence-electron chi connectivity index (χ1n) is 9.96. The first kappa shape index (κ1) is 22.6. The van der Waals surface area contributed by atoms with Gasteiger partial charge in [0.25, 0.3) is 10.0 Å². The monoisotopic (exact) mass is 485 g/mol. The van der Waals surface area contributed by atoms with Gasteiger partial charge in [-0.3, -0.25) is 4.31 Å². The van der Waals surface area contributed by atoms with Crippen LogP contribution in [0.4, 0.5) is 21.9 Å². The van der Waals surface area contributed by atoms with E-state index in [0.29, 0.717) is 29.4 Å². The third-order valence-electron chi connectivity index (χ3n) is 5.16. The van der Waals surface area contributed by atoms with E-state index >= 15 is 0 Å². The van der Waals surface area contributed by atoms with Crippen molar-refractivity contribution in [2.75, 3.05) is 28.6 Å². The summed E-state index contributed by atoms with van der Waals surface area (Å²) in [6.45, 7) is 0.313. The number of methoxy groups -OCH3 is 1. The Morgan fingerprint density at radius 1 is 1.00 bits per heavy atom. The minimum Gasteiger partial charge on any atom is -0.465 e. The van der Waals surface area contributed by atoms with Crippen LogP contribution in [0.2, 0.25) is 5.02 Å². The van der Waals surface area contributed by atoms with Crippen molar-refractivity contribution in [1.29, 1.82) is 0 Å². The highest BCUT2D eigenvalue weighted by Crippen LogP contribution is 2.35. The van der Waals surface area contributed by atoms with Crippen LogP contribution in [-0.2, 0) is 21.2 Å². The smallest absolute Gasteiger partial charge is 0.339 e. The van der Waals surface area contributed by atoms with Crippen LogP contribution >= 0.6 is 11.6 Å². The van der Waals surface area contributed by atoms with Crippen molar-refractivity contribution in [3.05, 3.63) is 82.9 Å². The van der Waals surface area contributed by atoms with Crippen LogP contribution in [0.1, 0.15) is 15.9 Å². The quantitative estimate of drug-likeness (QED) is 0.517. The summed E-state index contributed by atoms with van der Waals surface area (Å²) in [4.78, 5) is 24.8. The number of urea groups is 1. The van der Waals surface area contributed by atoms with E-state index in [4.69, 9.17) is 16.3 Å². The molecule has 1 aliphatic rings. The number of benzene rings is 3. The summed E-state index contributed by atoms with van der Waals surface area (Å²) in [5.74, 6) is -0.624. The lowest BCUT2D eigenvalue weighted by molar-refractivity contribution is 0.0602. The van der Waals surface area contributed by atoms with Crippen LogP contribution in [0, 0.1) is 0 Å². The number of carbonyl (C=O) groups excluding carboxylic acids is 2. The molecule has 33 heavy (non-hydrogen) atoms. The van der Waals surface area contributed by atoms with Gasteiger partial charge in [-0.05, 0) is 54.4 Å². The Morgan fingerprint density at radius 2 is 1.76 bits per heavy atom. The van der Waals surface area contributed by atoms with Crippen molar-refractivity contribution in [3.8, 4) is 0 Å². The molecule has 2 amide bonds. The average molecular weight is 486 g/mol. The molecule has 3 aromatic carbocycles. The molecule has 8 nitrogen and oxygen atoms in total. The molecule has 0 unspecified atom stereocenters. The maximum Gasteiger partial charge on any atom is 0.339 e. The first-order chi connectivity index (χ1) is 15.8. The molecule has 0 fully saturated rings. The van der Waals surface area contributed by atoms with Gasteiger partial charge in [0.15, 0.2) is 0 Å². The number of nitrogens with one attached hydrogen (secondary N) is 2. The molecule has 0 atom stereocenters. The van der Waals surface area contributed by atoms with Gasteiger partial charge in [-0.2, -0.15) is 0 Å². The zero-order valence-electron chi connectivity index (χ0n) is 17.5. The van der Waals surface area contributed by atoms with Crippen molar-refractivity contribution in [2.45, 2.75) is 11.3 Å². The lowest BCUT2D eigenvalue weighted by Gasteiger charge is -2.20. The number of carbonyl (C=O) groups is 2. The SMILES string of the molecule is COC(=O)c1ccc(Cl)cc1NC(=O)Nc1ccc2c(c1)N(S(=O)(=O)c1ccccc1)CC2. The zero-order chi connectivity index (χ0) is 23.6. The lowest BCUT2D eigenvalue weighted by atomic mass is 10.1. The fraction of sp³-hybridized carbons (Fsp3) is 0.130. The van der Waals surface area contributed by atoms with E-state index in [0.717, 1.165) is 5.56 Å². The molecule has 0 radical (unpaired) electrons. The number of sulfonamides is 1. The van der Waals surface area contributed by atoms with Gasteiger partial charge >= 0.3 is 12.0 Å². The topological polar surface area (TPSA) is 105 Å². The number of nitrogens with zero attached hydrogens (tertiary/aromatic N) is 1. The largest absolute Gasteiger partial charge is 0.465 e. The van der Waals surface area contributed by atoms with Crippen molar-refractivity contribution in [3.63, 3.8) is 0 Å². The molecule has 2 N–H and O–H groups in total. The summed E-state index contributed by atoms with van der Waals surface area (Å²) >= 11 is 6.00. The molecule has 0 aromatic heterocycles. The Balaban J connectivity index is 1.56. The van der Waals surface area contributed by atoms with E-state index in [2.05, 4.69) is 10.6 Å². The van der Waals surface area contributed by atoms with Crippen LogP contribution in [-0.4, -0.2) is 34.1 Å². The zero-order valence-corrected chi connectivity index (χ0v) is 19.1. The van der Waals surface area contributed by atoms with Gasteiger partial charge in [0.05, 0.1) is 28.9 Å². The van der Waals surface area contributed by atoms with Gasteiger partial charge < -0.3 is 15.4 Å². The number of ether oxygens (including phenoxy) is 1. The second-order valence-electron chi connectivity index (χ2n) is 7.24. The van der Waals surface area contributed by atoms with Crippen LogP contribution in [0.25, 0.3) is 0 Å². The fourth-order valence-electron chi connectivity index (χ4n) is 3.59. The van der Waals surface area contributed by atoms with E-state index in [9.17, 15) is 18.0 Å². The van der Waals surface area contributed by atoms with Crippen LogP contribution in [0.3, 0.4) is 0 Å². The molecule has 0 saturated heterocycles. The normalized spacial score (nSPS) is 12.7. The summed E-state index contributed by atoms with van der Waals surface area (Å²) in [5.41, 5.74) is 2.09. The van der Waals surface area contributed by atoms with Gasteiger partial charge in [-0.15, -0.1) is 0 Å². The fourth-order valence-corrected chi connectivity index (χ4v) is 5.28. The Bertz CT molecular complexity index is 1330. The van der Waals surface area contributed by atoms with E-state index < -0.39 is 22.0 Å². The van der Waals surface area contributed by atoms with Crippen LogP contribution in [0.5, 0.6) is 0 Å². The van der Waals surface area contributed by atoms with E-state index in [1.165, 1.54) is 29.6 Å². The summed E-state index contributed by atoms with van der Waals surface area (Å²) in [6, 6.07) is 17.0. The molecule has 0 bridgehead atoms. The summed E-state index contributed by atoms with van der Waals surface area (Å²) in [7, 11) is -2.49. The lowest BCUT2D eigenvalue weighted by Crippen LogP contribution is -2.29. The molecular weight excluding hydrogens is 466 g/mol. The van der Waals surface area contributed by atoms with Gasteiger partial charge in [0, 0.05) is 17.3 Å². The first-order valence-corrected chi connectivity index (χ1v) is 11.8. The second-order valence-corrected chi connectivity index (χ2v) is 9.54. The number of hydrogen-bond donors (Lipinski definition) is 2. The number of amides is 2. The Labute approximate surface area is 196 Å². The van der Waals surface area contributed by atoms with Crippen molar-refractivity contribution in [1.82, 2.24) is 0 Å². The van der Waals surface area contributed by atoms with Crippen molar-refractivity contribution >= 4 is 50.7 Å². The number of anilines is 3. The number of rotatable bonds is 5. The van der Waals surface area contributed by atoms with Crippen LogP contribution < -0.4 is 14.9 Å². The molecule has 1 aliphatic heterocycles. The van der Waals surface area contributed by atoms with Crippen molar-refractivity contribution in [2.24, 2.45) is 0 Å². The molecule has 10 heteroatoms. The number of fused-ring (bicyclic) bond motifs is 1. The van der Waals surface area contributed by atoms with Gasteiger partial charge in [-0.25, -0.2) is 18.0 Å². The Hall–Kier alpha value is -3.56. The van der Waals surface area contributed by atoms with Gasteiger partial charge in [0.2, 0.25) is 0 Å². The van der Waals surface area contributed by atoms with E-state index in [1.807, 2.05) is 0 Å². The maximum atomic E-state index is 13.1. The molecule has 0 spiro atoms. The molecule has 170 valence electrons. The standard InChI is InChI=1S/C23H20ClN3O5S/c1-32-22(28)19-10-8-16(24)13-20(19)26-23(29)25-17-9-7-15-11-12-27(21(15)14-17)33(30,31)18-5-3-2-4-6-18/h2-10,13-14H,11-12H2,1H3,(H2,25,26,29). The van der Waals surface area contributed by atoms with E-state index in [-0.39, 0.29) is 16.1 Å². The van der Waals surface area contributed by atoms with Gasteiger partial charge in [0.1, 0.15) is 0 Å². The molecule has 4 rings (SSSR count). The molecule has 0 aliphatic carbocycles. The summed E-state index contributed by atoms with van der Waals surface area (Å²) in [5, 5.41) is 5.58. The number of esters is 1.